The van der Waals surface area contributed by atoms with Crippen LogP contribution in [0.5, 0.6) is 0 Å². The summed E-state index contributed by atoms with van der Waals surface area (Å²) in [5, 5.41) is 3.15. The standard InChI is InChI=1S/C14H25N3O2S/c1-4-10-15-13-8-6-7-9-14(13)20(18,19)16-11-12-17(3)5-2/h6-9,15-16H,4-5,10-12H2,1-3H3. The molecule has 0 saturated carbocycles. The SMILES string of the molecule is CCCNc1ccccc1S(=O)(=O)NCCN(C)CC. The highest BCUT2D eigenvalue weighted by molar-refractivity contribution is 7.89. The van der Waals surface area contributed by atoms with Crippen molar-refractivity contribution >= 4 is 15.7 Å². The van der Waals surface area contributed by atoms with E-state index in [9.17, 15) is 8.42 Å². The Bertz CT molecular complexity index is 503. The van der Waals surface area contributed by atoms with Gasteiger partial charge in [-0.2, -0.15) is 0 Å². The van der Waals surface area contributed by atoms with Crippen LogP contribution in [0.15, 0.2) is 29.2 Å². The predicted molar refractivity (Wildman–Crippen MR) is 83.6 cm³/mol. The van der Waals surface area contributed by atoms with Crippen molar-refractivity contribution in [2.75, 3.05) is 38.5 Å². The normalized spacial score (nSPS) is 11.8. The zero-order valence-electron chi connectivity index (χ0n) is 12.5. The molecule has 0 bridgehead atoms. The Kier molecular flexibility index (Phi) is 6.98. The quantitative estimate of drug-likeness (QED) is 0.729. The minimum atomic E-state index is -3.46. The number of rotatable bonds is 9. The second-order valence-corrected chi connectivity index (χ2v) is 6.45. The molecule has 0 heterocycles. The number of para-hydroxylation sites is 1. The molecule has 1 aromatic carbocycles. The lowest BCUT2D eigenvalue weighted by Crippen LogP contribution is -2.33. The summed E-state index contributed by atoms with van der Waals surface area (Å²) in [7, 11) is -1.50. The number of hydrogen-bond donors (Lipinski definition) is 2. The maximum Gasteiger partial charge on any atom is 0.242 e. The summed E-state index contributed by atoms with van der Waals surface area (Å²) in [4.78, 5) is 2.37. The van der Waals surface area contributed by atoms with Crippen LogP contribution in [0, 0.1) is 0 Å². The lowest BCUT2D eigenvalue weighted by Gasteiger charge is -2.16. The average molecular weight is 299 g/mol. The van der Waals surface area contributed by atoms with Crippen molar-refractivity contribution in [3.63, 3.8) is 0 Å². The summed E-state index contributed by atoms with van der Waals surface area (Å²) in [5.41, 5.74) is 0.658. The van der Waals surface area contributed by atoms with Gasteiger partial charge in [0.15, 0.2) is 0 Å². The Morgan fingerprint density at radius 3 is 2.50 bits per heavy atom. The van der Waals surface area contributed by atoms with E-state index in [1.807, 2.05) is 27.0 Å². The molecular formula is C14H25N3O2S. The van der Waals surface area contributed by atoms with E-state index >= 15 is 0 Å². The molecule has 0 aliphatic carbocycles. The van der Waals surface area contributed by atoms with Crippen LogP contribution in [-0.2, 0) is 10.0 Å². The van der Waals surface area contributed by atoms with Crippen LogP contribution in [0.2, 0.25) is 0 Å². The van der Waals surface area contributed by atoms with Gasteiger partial charge in [0.05, 0.1) is 5.69 Å². The lowest BCUT2D eigenvalue weighted by atomic mass is 10.3. The van der Waals surface area contributed by atoms with Crippen molar-refractivity contribution in [2.24, 2.45) is 0 Å². The van der Waals surface area contributed by atoms with Crippen LogP contribution in [0.25, 0.3) is 0 Å². The molecule has 2 N–H and O–H groups in total. The van der Waals surface area contributed by atoms with E-state index in [0.717, 1.165) is 19.5 Å². The van der Waals surface area contributed by atoms with E-state index in [-0.39, 0.29) is 0 Å². The van der Waals surface area contributed by atoms with Gasteiger partial charge in [-0.15, -0.1) is 0 Å². The fourth-order valence-electron chi connectivity index (χ4n) is 1.71. The molecule has 0 unspecified atom stereocenters. The van der Waals surface area contributed by atoms with E-state index < -0.39 is 10.0 Å². The molecule has 0 aliphatic rings. The number of hydrogen-bond acceptors (Lipinski definition) is 4. The van der Waals surface area contributed by atoms with E-state index in [0.29, 0.717) is 23.7 Å². The number of nitrogens with one attached hydrogen (secondary N) is 2. The molecule has 5 nitrogen and oxygen atoms in total. The highest BCUT2D eigenvalue weighted by atomic mass is 32.2. The topological polar surface area (TPSA) is 61.4 Å². The van der Waals surface area contributed by atoms with Gasteiger partial charge < -0.3 is 10.2 Å². The smallest absolute Gasteiger partial charge is 0.242 e. The fraction of sp³-hybridized carbons (Fsp3) is 0.571. The molecule has 20 heavy (non-hydrogen) atoms. The van der Waals surface area contributed by atoms with Gasteiger partial charge in [0.2, 0.25) is 10.0 Å². The lowest BCUT2D eigenvalue weighted by molar-refractivity contribution is 0.358. The molecule has 1 rings (SSSR count). The number of nitrogens with zero attached hydrogens (tertiary/aromatic N) is 1. The van der Waals surface area contributed by atoms with E-state index in [2.05, 4.69) is 14.9 Å². The highest BCUT2D eigenvalue weighted by Gasteiger charge is 2.17. The Balaban J connectivity index is 2.76. The van der Waals surface area contributed by atoms with Crippen LogP contribution < -0.4 is 10.0 Å². The van der Waals surface area contributed by atoms with Crippen molar-refractivity contribution < 1.29 is 8.42 Å². The van der Waals surface area contributed by atoms with Gasteiger partial charge in [-0.25, -0.2) is 13.1 Å². The first-order valence-electron chi connectivity index (χ1n) is 7.02. The zero-order chi connectivity index (χ0) is 15.0. The fourth-order valence-corrected chi connectivity index (χ4v) is 2.92. The molecular weight excluding hydrogens is 274 g/mol. The molecule has 0 amide bonds. The molecule has 114 valence electrons. The van der Waals surface area contributed by atoms with Crippen LogP contribution in [-0.4, -0.2) is 46.5 Å². The average Bonchev–Trinajstić information content (AvgIpc) is 2.45. The molecule has 0 spiro atoms. The Morgan fingerprint density at radius 2 is 1.85 bits per heavy atom. The van der Waals surface area contributed by atoms with E-state index in [4.69, 9.17) is 0 Å². The van der Waals surface area contributed by atoms with Crippen LogP contribution in [0.1, 0.15) is 20.3 Å². The number of benzene rings is 1. The van der Waals surface area contributed by atoms with Crippen molar-refractivity contribution in [3.05, 3.63) is 24.3 Å². The summed E-state index contributed by atoms with van der Waals surface area (Å²) < 4.78 is 27.3. The Labute approximate surface area is 122 Å². The van der Waals surface area contributed by atoms with Gasteiger partial charge in [0, 0.05) is 19.6 Å². The van der Waals surface area contributed by atoms with Gasteiger partial charge in [0.1, 0.15) is 4.90 Å². The first-order chi connectivity index (χ1) is 9.51. The summed E-state index contributed by atoms with van der Waals surface area (Å²) in [6.07, 6.45) is 0.948. The monoisotopic (exact) mass is 299 g/mol. The largest absolute Gasteiger partial charge is 0.384 e. The summed E-state index contributed by atoms with van der Waals surface area (Å²) in [5.74, 6) is 0. The van der Waals surface area contributed by atoms with Gasteiger partial charge in [0.25, 0.3) is 0 Å². The molecule has 0 radical (unpaired) electrons. The Hall–Kier alpha value is -1.11. The zero-order valence-corrected chi connectivity index (χ0v) is 13.3. The second kappa shape index (κ2) is 8.24. The van der Waals surface area contributed by atoms with Crippen LogP contribution in [0.3, 0.4) is 0 Å². The molecule has 0 aliphatic heterocycles. The van der Waals surface area contributed by atoms with Crippen molar-refractivity contribution in [3.8, 4) is 0 Å². The van der Waals surface area contributed by atoms with Gasteiger partial charge in [-0.05, 0) is 32.1 Å². The summed E-state index contributed by atoms with van der Waals surface area (Å²) in [6.45, 7) is 6.85. The van der Waals surface area contributed by atoms with Gasteiger partial charge in [-0.1, -0.05) is 26.0 Å². The minimum Gasteiger partial charge on any atom is -0.384 e. The van der Waals surface area contributed by atoms with Crippen LogP contribution in [0.4, 0.5) is 5.69 Å². The first-order valence-corrected chi connectivity index (χ1v) is 8.50. The summed E-state index contributed by atoms with van der Waals surface area (Å²) in [6, 6.07) is 7.00. The van der Waals surface area contributed by atoms with E-state index in [1.165, 1.54) is 0 Å². The third-order valence-electron chi connectivity index (χ3n) is 3.07. The highest BCUT2D eigenvalue weighted by Crippen LogP contribution is 2.20. The number of sulfonamides is 1. The molecule has 0 fully saturated rings. The Morgan fingerprint density at radius 1 is 1.15 bits per heavy atom. The molecule has 0 aromatic heterocycles. The van der Waals surface area contributed by atoms with E-state index in [1.54, 1.807) is 18.2 Å². The maximum atomic E-state index is 12.3. The van der Waals surface area contributed by atoms with Crippen LogP contribution >= 0.6 is 0 Å². The van der Waals surface area contributed by atoms with Gasteiger partial charge in [-0.3, -0.25) is 0 Å². The third-order valence-corrected chi connectivity index (χ3v) is 4.59. The molecule has 1 aromatic rings. The molecule has 0 atom stereocenters. The first kappa shape index (κ1) is 16.9. The number of likely N-dealkylation sites (N-methyl/N-ethyl adjacent to an activating group) is 1. The molecule has 0 saturated heterocycles. The second-order valence-electron chi connectivity index (χ2n) is 4.72. The summed E-state index contributed by atoms with van der Waals surface area (Å²) >= 11 is 0. The molecule has 6 heteroatoms. The van der Waals surface area contributed by atoms with Gasteiger partial charge >= 0.3 is 0 Å². The maximum absolute atomic E-state index is 12.3. The third kappa shape index (κ3) is 5.11. The van der Waals surface area contributed by atoms with Crippen molar-refractivity contribution in [1.82, 2.24) is 9.62 Å². The van der Waals surface area contributed by atoms with Crippen molar-refractivity contribution in [1.29, 1.82) is 0 Å². The van der Waals surface area contributed by atoms with Crippen molar-refractivity contribution in [2.45, 2.75) is 25.2 Å². The minimum absolute atomic E-state index is 0.313. The predicted octanol–water partition coefficient (Wildman–Crippen LogP) is 1.74. The number of anilines is 1.